The topological polar surface area (TPSA) is 15.3 Å². The highest BCUT2D eigenvalue weighted by molar-refractivity contribution is 4.72. The lowest BCUT2D eigenvalue weighted by Gasteiger charge is -2.27. The molecule has 0 aromatic rings. The Balaban J connectivity index is 3.74. The van der Waals surface area contributed by atoms with Gasteiger partial charge in [0.05, 0.1) is 0 Å². The number of allylic oxidation sites excluding steroid dienone is 1. The number of unbranched alkanes of at least 4 members (excludes halogenated alkanes) is 1. The first-order chi connectivity index (χ1) is 6.76. The Labute approximate surface area is 89.4 Å². The average Bonchev–Trinajstić information content (AvgIpc) is 2.18. The largest absolute Gasteiger partial charge is 0.318 e. The summed E-state index contributed by atoms with van der Waals surface area (Å²) in [5.74, 6) is 0. The maximum absolute atomic E-state index is 3.74. The zero-order chi connectivity index (χ0) is 10.8. The van der Waals surface area contributed by atoms with E-state index >= 15 is 0 Å². The van der Waals surface area contributed by atoms with Crippen molar-refractivity contribution in [3.05, 3.63) is 12.7 Å². The van der Waals surface area contributed by atoms with Crippen molar-refractivity contribution in [2.24, 2.45) is 0 Å². The molecule has 0 aromatic carbocycles. The van der Waals surface area contributed by atoms with Gasteiger partial charge in [0.25, 0.3) is 0 Å². The summed E-state index contributed by atoms with van der Waals surface area (Å²) >= 11 is 0. The van der Waals surface area contributed by atoms with Crippen LogP contribution in [0.3, 0.4) is 0 Å². The van der Waals surface area contributed by atoms with Gasteiger partial charge < -0.3 is 10.2 Å². The summed E-state index contributed by atoms with van der Waals surface area (Å²) in [6.45, 7) is 8.27. The van der Waals surface area contributed by atoms with Crippen molar-refractivity contribution in [2.75, 3.05) is 27.2 Å². The van der Waals surface area contributed by atoms with Gasteiger partial charge in [-0.3, -0.25) is 0 Å². The minimum absolute atomic E-state index is 0.690. The number of nitrogens with one attached hydrogen (secondary N) is 1. The minimum atomic E-state index is 0.690. The molecule has 0 spiro atoms. The van der Waals surface area contributed by atoms with Crippen LogP contribution in [-0.4, -0.2) is 38.1 Å². The van der Waals surface area contributed by atoms with E-state index in [9.17, 15) is 0 Å². The Morgan fingerprint density at radius 1 is 1.50 bits per heavy atom. The highest BCUT2D eigenvalue weighted by atomic mass is 15.1. The van der Waals surface area contributed by atoms with E-state index in [1.807, 2.05) is 13.1 Å². The van der Waals surface area contributed by atoms with Gasteiger partial charge >= 0.3 is 0 Å². The first kappa shape index (κ1) is 13.7. The predicted molar refractivity (Wildman–Crippen MR) is 64.7 cm³/mol. The van der Waals surface area contributed by atoms with Gasteiger partial charge in [-0.25, -0.2) is 0 Å². The van der Waals surface area contributed by atoms with E-state index in [2.05, 4.69) is 30.8 Å². The lowest BCUT2D eigenvalue weighted by atomic mass is 10.1. The fourth-order valence-corrected chi connectivity index (χ4v) is 1.71. The highest BCUT2D eigenvalue weighted by Crippen LogP contribution is 2.05. The van der Waals surface area contributed by atoms with Crippen molar-refractivity contribution in [3.63, 3.8) is 0 Å². The maximum Gasteiger partial charge on any atom is 0.0217 e. The summed E-state index contributed by atoms with van der Waals surface area (Å²) < 4.78 is 0. The van der Waals surface area contributed by atoms with Crippen LogP contribution in [0.1, 0.15) is 32.6 Å². The Bertz CT molecular complexity index is 128. The van der Waals surface area contributed by atoms with Crippen LogP contribution in [0.4, 0.5) is 0 Å². The summed E-state index contributed by atoms with van der Waals surface area (Å²) in [6.07, 6.45) is 6.90. The summed E-state index contributed by atoms with van der Waals surface area (Å²) in [4.78, 5) is 2.46. The molecule has 0 saturated heterocycles. The van der Waals surface area contributed by atoms with Crippen LogP contribution in [-0.2, 0) is 0 Å². The number of hydrogen-bond acceptors (Lipinski definition) is 2. The molecule has 0 aliphatic heterocycles. The molecule has 14 heavy (non-hydrogen) atoms. The van der Waals surface area contributed by atoms with E-state index in [4.69, 9.17) is 0 Å². The molecular weight excluding hydrogens is 172 g/mol. The van der Waals surface area contributed by atoms with Crippen molar-refractivity contribution in [3.8, 4) is 0 Å². The molecule has 0 rings (SSSR count). The Morgan fingerprint density at radius 3 is 2.71 bits per heavy atom. The number of rotatable bonds is 9. The molecule has 0 saturated carbocycles. The van der Waals surface area contributed by atoms with Gasteiger partial charge in [0.2, 0.25) is 0 Å². The second-order valence-corrected chi connectivity index (χ2v) is 3.91. The normalized spacial score (nSPS) is 13.1. The molecule has 0 aromatic heterocycles. The second-order valence-electron chi connectivity index (χ2n) is 3.91. The van der Waals surface area contributed by atoms with Crippen LogP contribution in [0, 0.1) is 0 Å². The van der Waals surface area contributed by atoms with Gasteiger partial charge in [0.1, 0.15) is 0 Å². The molecule has 1 unspecified atom stereocenters. The Kier molecular flexibility index (Phi) is 9.00. The molecule has 84 valence electrons. The Morgan fingerprint density at radius 2 is 2.21 bits per heavy atom. The predicted octanol–water partition coefficient (Wildman–Crippen LogP) is 2.27. The first-order valence-electron chi connectivity index (χ1n) is 5.72. The summed E-state index contributed by atoms with van der Waals surface area (Å²) in [6, 6.07) is 0.690. The van der Waals surface area contributed by atoms with E-state index in [1.165, 1.54) is 25.8 Å². The highest BCUT2D eigenvalue weighted by Gasteiger charge is 2.11. The summed E-state index contributed by atoms with van der Waals surface area (Å²) in [5.41, 5.74) is 0. The molecule has 2 nitrogen and oxygen atoms in total. The average molecular weight is 198 g/mol. The fraction of sp³-hybridized carbons (Fsp3) is 0.833. The van der Waals surface area contributed by atoms with Crippen LogP contribution in [0.2, 0.25) is 0 Å². The fourth-order valence-electron chi connectivity index (χ4n) is 1.71. The molecule has 0 bridgehead atoms. The van der Waals surface area contributed by atoms with Crippen LogP contribution in [0.5, 0.6) is 0 Å². The van der Waals surface area contributed by atoms with Crippen molar-refractivity contribution in [1.82, 2.24) is 10.2 Å². The lowest BCUT2D eigenvalue weighted by molar-refractivity contribution is 0.224. The maximum atomic E-state index is 3.74. The molecule has 0 aliphatic carbocycles. The van der Waals surface area contributed by atoms with Crippen LogP contribution < -0.4 is 5.32 Å². The van der Waals surface area contributed by atoms with Crippen molar-refractivity contribution >= 4 is 0 Å². The summed E-state index contributed by atoms with van der Waals surface area (Å²) in [5, 5.41) is 3.26. The lowest BCUT2D eigenvalue weighted by Crippen LogP contribution is -2.39. The van der Waals surface area contributed by atoms with Gasteiger partial charge in [-0.1, -0.05) is 19.4 Å². The van der Waals surface area contributed by atoms with E-state index in [0.717, 1.165) is 13.0 Å². The van der Waals surface area contributed by atoms with E-state index in [0.29, 0.717) is 6.04 Å². The van der Waals surface area contributed by atoms with E-state index < -0.39 is 0 Å². The van der Waals surface area contributed by atoms with Crippen molar-refractivity contribution in [2.45, 2.75) is 38.6 Å². The first-order valence-corrected chi connectivity index (χ1v) is 5.72. The third-order valence-electron chi connectivity index (χ3n) is 2.60. The third-order valence-corrected chi connectivity index (χ3v) is 2.60. The quantitative estimate of drug-likeness (QED) is 0.452. The summed E-state index contributed by atoms with van der Waals surface area (Å²) in [7, 11) is 4.25. The second kappa shape index (κ2) is 9.22. The van der Waals surface area contributed by atoms with Gasteiger partial charge in [-0.2, -0.15) is 0 Å². The van der Waals surface area contributed by atoms with Crippen LogP contribution in [0.15, 0.2) is 12.7 Å². The molecule has 2 heteroatoms. The number of likely N-dealkylation sites (N-methyl/N-ethyl adjacent to an activating group) is 2. The van der Waals surface area contributed by atoms with Gasteiger partial charge in [0.15, 0.2) is 0 Å². The molecule has 1 atom stereocenters. The standard InChI is InChI=1S/C12H26N2/c1-5-7-8-10-14(4)12(9-6-2)11-13-3/h5,12-13H,1,6-11H2,2-4H3. The van der Waals surface area contributed by atoms with E-state index in [-0.39, 0.29) is 0 Å². The molecule has 0 heterocycles. The van der Waals surface area contributed by atoms with Crippen molar-refractivity contribution in [1.29, 1.82) is 0 Å². The molecular formula is C12H26N2. The molecule has 0 amide bonds. The smallest absolute Gasteiger partial charge is 0.0217 e. The third kappa shape index (κ3) is 6.17. The molecule has 1 N–H and O–H groups in total. The zero-order valence-corrected chi connectivity index (χ0v) is 10.1. The van der Waals surface area contributed by atoms with Crippen molar-refractivity contribution < 1.29 is 0 Å². The number of hydrogen-bond donors (Lipinski definition) is 1. The molecule has 0 aliphatic rings. The molecule has 0 radical (unpaired) electrons. The SMILES string of the molecule is C=CCCCN(C)C(CCC)CNC. The van der Waals surface area contributed by atoms with Gasteiger partial charge in [-0.15, -0.1) is 6.58 Å². The monoisotopic (exact) mass is 198 g/mol. The molecule has 0 fully saturated rings. The van der Waals surface area contributed by atoms with Crippen LogP contribution in [0.25, 0.3) is 0 Å². The zero-order valence-electron chi connectivity index (χ0n) is 10.1. The van der Waals surface area contributed by atoms with Crippen LogP contribution >= 0.6 is 0 Å². The Hall–Kier alpha value is -0.340. The van der Waals surface area contributed by atoms with Gasteiger partial charge in [0, 0.05) is 12.6 Å². The van der Waals surface area contributed by atoms with E-state index in [1.54, 1.807) is 0 Å². The van der Waals surface area contributed by atoms with Gasteiger partial charge in [-0.05, 0) is 39.9 Å². The number of nitrogens with zero attached hydrogens (tertiary/aromatic N) is 1. The minimum Gasteiger partial charge on any atom is -0.318 e.